The maximum absolute atomic E-state index is 10.0. The molecule has 2 rings (SSSR count). The molecule has 0 bridgehead atoms. The average molecular weight is 281 g/mol. The molecule has 0 saturated heterocycles. The van der Waals surface area contributed by atoms with Gasteiger partial charge in [-0.15, -0.1) is 11.3 Å². The van der Waals surface area contributed by atoms with Crippen LogP contribution in [-0.2, 0) is 12.8 Å². The Labute approximate surface area is 117 Å². The van der Waals surface area contributed by atoms with E-state index in [1.807, 2.05) is 12.1 Å². The first-order valence-corrected chi connectivity index (χ1v) is 7.31. The van der Waals surface area contributed by atoms with Crippen LogP contribution in [0.2, 0.25) is 4.34 Å². The van der Waals surface area contributed by atoms with E-state index in [0.29, 0.717) is 6.42 Å². The van der Waals surface area contributed by atoms with Crippen LogP contribution in [0.1, 0.15) is 22.4 Å². The van der Waals surface area contributed by atoms with Gasteiger partial charge in [0.1, 0.15) is 0 Å². The summed E-state index contributed by atoms with van der Waals surface area (Å²) in [4.78, 5) is 1.15. The van der Waals surface area contributed by atoms with Crippen LogP contribution in [0.5, 0.6) is 0 Å². The van der Waals surface area contributed by atoms with Crippen LogP contribution in [0.4, 0.5) is 0 Å². The van der Waals surface area contributed by atoms with Gasteiger partial charge >= 0.3 is 0 Å². The van der Waals surface area contributed by atoms with E-state index in [2.05, 4.69) is 31.2 Å². The molecule has 0 fully saturated rings. The maximum atomic E-state index is 10.0. The zero-order valence-corrected chi connectivity index (χ0v) is 12.0. The van der Waals surface area contributed by atoms with Gasteiger partial charge in [0.05, 0.1) is 10.4 Å². The molecule has 0 aliphatic carbocycles. The molecule has 1 unspecified atom stereocenters. The highest BCUT2D eigenvalue weighted by Gasteiger charge is 2.08. The van der Waals surface area contributed by atoms with Crippen molar-refractivity contribution >= 4 is 22.9 Å². The van der Waals surface area contributed by atoms with Crippen molar-refractivity contribution < 1.29 is 5.11 Å². The summed E-state index contributed by atoms with van der Waals surface area (Å²) in [5, 5.41) is 10.0. The second-order valence-corrected chi connectivity index (χ2v) is 6.39. The van der Waals surface area contributed by atoms with Gasteiger partial charge in [0.15, 0.2) is 0 Å². The Morgan fingerprint density at radius 1 is 1.28 bits per heavy atom. The minimum absolute atomic E-state index is 0.291. The molecule has 0 amide bonds. The lowest BCUT2D eigenvalue weighted by Gasteiger charge is -2.09. The van der Waals surface area contributed by atoms with Crippen LogP contribution in [0.3, 0.4) is 0 Å². The van der Waals surface area contributed by atoms with E-state index in [0.717, 1.165) is 22.1 Å². The summed E-state index contributed by atoms with van der Waals surface area (Å²) in [5.74, 6) is 0. The van der Waals surface area contributed by atoms with Crippen LogP contribution in [0.15, 0.2) is 36.4 Å². The summed E-state index contributed by atoms with van der Waals surface area (Å²) in [6, 6.07) is 12.3. The molecule has 1 N–H and O–H groups in total. The van der Waals surface area contributed by atoms with E-state index in [4.69, 9.17) is 11.6 Å². The van der Waals surface area contributed by atoms with Gasteiger partial charge in [0.2, 0.25) is 0 Å². The van der Waals surface area contributed by atoms with Gasteiger partial charge in [0.25, 0.3) is 0 Å². The van der Waals surface area contributed by atoms with Gasteiger partial charge in [-0.1, -0.05) is 41.4 Å². The topological polar surface area (TPSA) is 20.2 Å². The lowest BCUT2D eigenvalue weighted by molar-refractivity contribution is 0.166. The van der Waals surface area contributed by atoms with E-state index >= 15 is 0 Å². The van der Waals surface area contributed by atoms with Gasteiger partial charge in [-0.3, -0.25) is 0 Å². The first-order valence-electron chi connectivity index (χ1n) is 6.11. The summed E-state index contributed by atoms with van der Waals surface area (Å²) in [7, 11) is 0. The predicted octanol–water partition coefficient (Wildman–Crippen LogP) is 4.25. The molecule has 1 aromatic heterocycles. The van der Waals surface area contributed by atoms with E-state index in [1.54, 1.807) is 11.3 Å². The molecule has 3 heteroatoms. The maximum Gasteiger partial charge on any atom is 0.0931 e. The van der Waals surface area contributed by atoms with Gasteiger partial charge in [-0.25, -0.2) is 0 Å². The van der Waals surface area contributed by atoms with Crippen molar-refractivity contribution in [3.63, 3.8) is 0 Å². The Morgan fingerprint density at radius 2 is 2.11 bits per heavy atom. The fourth-order valence-electron chi connectivity index (χ4n) is 2.00. The number of hydrogen-bond donors (Lipinski definition) is 1. The number of aryl methyl sites for hydroxylation is 2. The quantitative estimate of drug-likeness (QED) is 0.868. The molecule has 0 aliphatic heterocycles. The van der Waals surface area contributed by atoms with Crippen molar-refractivity contribution in [3.05, 3.63) is 56.7 Å². The fraction of sp³-hybridized carbons (Fsp3) is 0.333. The van der Waals surface area contributed by atoms with Crippen molar-refractivity contribution in [2.75, 3.05) is 0 Å². The molecule has 1 aromatic carbocycles. The summed E-state index contributed by atoms with van der Waals surface area (Å²) >= 11 is 7.42. The Morgan fingerprint density at radius 3 is 2.78 bits per heavy atom. The summed E-state index contributed by atoms with van der Waals surface area (Å²) in [6.45, 7) is 2.09. The number of halogens is 1. The van der Waals surface area contributed by atoms with Crippen molar-refractivity contribution in [1.29, 1.82) is 0 Å². The van der Waals surface area contributed by atoms with Crippen LogP contribution in [0.25, 0.3) is 0 Å². The molecule has 2 aromatic rings. The molecule has 1 atom stereocenters. The Balaban J connectivity index is 1.83. The zero-order chi connectivity index (χ0) is 13.0. The molecule has 0 spiro atoms. The summed E-state index contributed by atoms with van der Waals surface area (Å²) in [6.07, 6.45) is 2.12. The Hall–Kier alpha value is -0.830. The first kappa shape index (κ1) is 13.6. The first-order chi connectivity index (χ1) is 8.63. The minimum atomic E-state index is -0.291. The van der Waals surface area contributed by atoms with E-state index in [9.17, 15) is 5.11 Å². The molecule has 96 valence electrons. The average Bonchev–Trinajstić information content (AvgIpc) is 2.72. The molecular formula is C15H17ClOS. The second kappa shape index (κ2) is 6.37. The molecule has 1 nitrogen and oxygen atoms in total. The van der Waals surface area contributed by atoms with Gasteiger partial charge < -0.3 is 5.11 Å². The standard InChI is InChI=1S/C15H17ClOS/c1-11-3-2-4-12(9-11)5-6-13(17)10-14-7-8-15(16)18-14/h2-4,7-9,13,17H,5-6,10H2,1H3. The second-order valence-electron chi connectivity index (χ2n) is 4.59. The van der Waals surface area contributed by atoms with Crippen molar-refractivity contribution in [2.45, 2.75) is 32.3 Å². The number of thiophene rings is 1. The van der Waals surface area contributed by atoms with Crippen LogP contribution < -0.4 is 0 Å². The third kappa shape index (κ3) is 4.13. The smallest absolute Gasteiger partial charge is 0.0931 e. The zero-order valence-electron chi connectivity index (χ0n) is 10.4. The Kier molecular flexibility index (Phi) is 4.81. The van der Waals surface area contributed by atoms with Crippen LogP contribution in [0, 0.1) is 6.92 Å². The van der Waals surface area contributed by atoms with Crippen LogP contribution in [-0.4, -0.2) is 11.2 Å². The highest BCUT2D eigenvalue weighted by Crippen LogP contribution is 2.23. The summed E-state index contributed by atoms with van der Waals surface area (Å²) < 4.78 is 0.788. The predicted molar refractivity (Wildman–Crippen MR) is 78.5 cm³/mol. The number of benzene rings is 1. The van der Waals surface area contributed by atoms with Gasteiger partial charge in [-0.2, -0.15) is 0 Å². The largest absolute Gasteiger partial charge is 0.393 e. The molecular weight excluding hydrogens is 264 g/mol. The van der Waals surface area contributed by atoms with Crippen molar-refractivity contribution in [3.8, 4) is 0 Å². The molecule has 0 aliphatic rings. The third-order valence-corrected chi connectivity index (χ3v) is 4.17. The molecule has 1 heterocycles. The lowest BCUT2D eigenvalue weighted by atomic mass is 10.0. The number of aliphatic hydroxyl groups excluding tert-OH is 1. The normalized spacial score (nSPS) is 12.6. The van der Waals surface area contributed by atoms with Gasteiger partial charge in [0, 0.05) is 11.3 Å². The van der Waals surface area contributed by atoms with Crippen LogP contribution >= 0.6 is 22.9 Å². The number of hydrogen-bond acceptors (Lipinski definition) is 2. The molecule has 0 radical (unpaired) electrons. The van der Waals surface area contributed by atoms with E-state index in [-0.39, 0.29) is 6.10 Å². The minimum Gasteiger partial charge on any atom is -0.393 e. The van der Waals surface area contributed by atoms with Crippen molar-refractivity contribution in [1.82, 2.24) is 0 Å². The van der Waals surface area contributed by atoms with Crippen molar-refractivity contribution in [2.24, 2.45) is 0 Å². The molecule has 0 saturated carbocycles. The Bertz CT molecular complexity index is 507. The van der Waals surface area contributed by atoms with E-state index in [1.165, 1.54) is 11.1 Å². The van der Waals surface area contributed by atoms with E-state index < -0.39 is 0 Å². The molecule has 18 heavy (non-hydrogen) atoms. The third-order valence-electron chi connectivity index (χ3n) is 2.91. The monoisotopic (exact) mass is 280 g/mol. The summed E-state index contributed by atoms with van der Waals surface area (Å²) in [5.41, 5.74) is 2.56. The SMILES string of the molecule is Cc1cccc(CCC(O)Cc2ccc(Cl)s2)c1. The number of aliphatic hydroxyl groups is 1. The highest BCUT2D eigenvalue weighted by molar-refractivity contribution is 7.16. The number of rotatable bonds is 5. The fourth-order valence-corrected chi connectivity index (χ4v) is 3.16. The van der Waals surface area contributed by atoms with Gasteiger partial charge in [-0.05, 0) is 37.5 Å². The highest BCUT2D eigenvalue weighted by atomic mass is 35.5. The lowest BCUT2D eigenvalue weighted by Crippen LogP contribution is -2.10.